The van der Waals surface area contributed by atoms with Gasteiger partial charge in [-0.15, -0.1) is 0 Å². The van der Waals surface area contributed by atoms with Gasteiger partial charge in [-0.05, 0) is 50.1 Å². The van der Waals surface area contributed by atoms with E-state index in [1.165, 1.54) is 64.2 Å². The minimum atomic E-state index is -0.605. The van der Waals surface area contributed by atoms with Gasteiger partial charge < -0.3 is 44.1 Å². The van der Waals surface area contributed by atoms with Crippen molar-refractivity contribution in [3.05, 3.63) is 47.5 Å². The maximum atomic E-state index is 12.7. The second kappa shape index (κ2) is 30.2. The number of anilines is 2. The lowest BCUT2D eigenvalue weighted by molar-refractivity contribution is 0.00869. The topological polar surface area (TPSA) is 151 Å². The fourth-order valence-electron chi connectivity index (χ4n) is 5.87. The van der Waals surface area contributed by atoms with Crippen LogP contribution in [0.4, 0.5) is 11.4 Å². The van der Waals surface area contributed by atoms with Crippen LogP contribution in [0.15, 0.2) is 36.4 Å². The van der Waals surface area contributed by atoms with Gasteiger partial charge in [0.15, 0.2) is 0 Å². The highest BCUT2D eigenvalue weighted by Gasteiger charge is 2.16. The Hall–Kier alpha value is -3.13. The molecule has 12 heteroatoms. The minimum Gasteiger partial charge on any atom is -0.494 e. The van der Waals surface area contributed by atoms with Crippen LogP contribution in [-0.2, 0) is 20.8 Å². The standard InChI is InChI=1S/C41H69N3O9/c1-4-5-6-7-8-9-10-11-12-13-14-15-24-52-37-18-16-35(38(32-37)41(47)43-48)33-42-39-19-17-36(31-40(39)53-34(2)3)44(20-22-45)21-25-49-27-29-51-30-28-50-26-23-46/h16-19,31-32,34,42,45-46,48H,4-15,20-30,33H2,1-3H3,(H,43,47). The van der Waals surface area contributed by atoms with E-state index < -0.39 is 5.91 Å². The van der Waals surface area contributed by atoms with Crippen molar-refractivity contribution in [1.82, 2.24) is 5.48 Å². The van der Waals surface area contributed by atoms with Gasteiger partial charge in [0.2, 0.25) is 0 Å². The largest absolute Gasteiger partial charge is 0.494 e. The summed E-state index contributed by atoms with van der Waals surface area (Å²) in [6.07, 6.45) is 15.2. The molecule has 0 fully saturated rings. The highest BCUT2D eigenvalue weighted by atomic mass is 16.5. The average molecular weight is 748 g/mol. The van der Waals surface area contributed by atoms with Gasteiger partial charge in [0.25, 0.3) is 5.91 Å². The number of hydrogen-bond acceptors (Lipinski definition) is 11. The zero-order valence-electron chi connectivity index (χ0n) is 32.8. The summed E-state index contributed by atoms with van der Waals surface area (Å²) in [5.74, 6) is 0.619. The number of nitrogens with zero attached hydrogens (tertiary/aromatic N) is 1. The van der Waals surface area contributed by atoms with E-state index in [0.717, 1.165) is 24.2 Å². The fourth-order valence-corrected chi connectivity index (χ4v) is 5.87. The highest BCUT2D eigenvalue weighted by Crippen LogP contribution is 2.32. The molecule has 0 radical (unpaired) electrons. The number of nitrogens with one attached hydrogen (secondary N) is 2. The van der Waals surface area contributed by atoms with Crippen molar-refractivity contribution < 1.29 is 43.9 Å². The van der Waals surface area contributed by atoms with Crippen LogP contribution in [0.1, 0.15) is 114 Å². The lowest BCUT2D eigenvalue weighted by Crippen LogP contribution is -2.30. The zero-order chi connectivity index (χ0) is 38.4. The Balaban J connectivity index is 1.89. The van der Waals surface area contributed by atoms with Crippen molar-refractivity contribution >= 4 is 17.3 Å². The van der Waals surface area contributed by atoms with E-state index in [1.54, 1.807) is 11.5 Å². The molecule has 302 valence electrons. The molecule has 0 aliphatic carbocycles. The van der Waals surface area contributed by atoms with Gasteiger partial charge in [0.05, 0.1) is 76.8 Å². The molecule has 0 atom stereocenters. The molecule has 0 heterocycles. The van der Waals surface area contributed by atoms with Crippen LogP contribution in [0, 0.1) is 0 Å². The Bertz CT molecular complexity index is 1220. The van der Waals surface area contributed by atoms with E-state index in [-0.39, 0.29) is 19.3 Å². The normalized spacial score (nSPS) is 11.2. The number of aliphatic hydroxyl groups excluding tert-OH is 2. The highest BCUT2D eigenvalue weighted by molar-refractivity contribution is 5.95. The number of carbonyl (C=O) groups is 1. The predicted molar refractivity (Wildman–Crippen MR) is 211 cm³/mol. The predicted octanol–water partition coefficient (Wildman–Crippen LogP) is 7.13. The molecule has 12 nitrogen and oxygen atoms in total. The Morgan fingerprint density at radius 3 is 1.94 bits per heavy atom. The van der Waals surface area contributed by atoms with Crippen LogP contribution < -0.4 is 25.2 Å². The molecule has 2 aromatic rings. The Morgan fingerprint density at radius 2 is 1.34 bits per heavy atom. The third-order valence-corrected chi connectivity index (χ3v) is 8.71. The second-order valence-electron chi connectivity index (χ2n) is 13.5. The van der Waals surface area contributed by atoms with Gasteiger partial charge in [-0.3, -0.25) is 10.0 Å². The first-order valence-corrected chi connectivity index (χ1v) is 19.9. The summed E-state index contributed by atoms with van der Waals surface area (Å²) in [5.41, 5.74) is 4.40. The first-order valence-electron chi connectivity index (χ1n) is 19.9. The number of ether oxygens (including phenoxy) is 5. The first kappa shape index (κ1) is 46.0. The first-order chi connectivity index (χ1) is 25.9. The van der Waals surface area contributed by atoms with Crippen LogP contribution in [-0.4, -0.2) is 100.0 Å². The summed E-state index contributed by atoms with van der Waals surface area (Å²) in [5, 5.41) is 31.4. The quantitative estimate of drug-likeness (QED) is 0.0283. The van der Waals surface area contributed by atoms with Gasteiger partial charge in [-0.25, -0.2) is 5.48 Å². The van der Waals surface area contributed by atoms with Crippen LogP contribution in [0.25, 0.3) is 0 Å². The van der Waals surface area contributed by atoms with Crippen molar-refractivity contribution in [2.24, 2.45) is 0 Å². The average Bonchev–Trinajstić information content (AvgIpc) is 3.16. The minimum absolute atomic E-state index is 0.00563. The molecule has 53 heavy (non-hydrogen) atoms. The zero-order valence-corrected chi connectivity index (χ0v) is 32.8. The third kappa shape index (κ3) is 20.8. The van der Waals surface area contributed by atoms with Gasteiger partial charge >= 0.3 is 0 Å². The van der Waals surface area contributed by atoms with Gasteiger partial charge in [-0.1, -0.05) is 83.6 Å². The van der Waals surface area contributed by atoms with Crippen LogP contribution in [0.3, 0.4) is 0 Å². The Kier molecular flexibility index (Phi) is 26.2. The number of carbonyl (C=O) groups excluding carboxylic acids is 1. The number of unbranched alkanes of at least 4 members (excludes halogenated alkanes) is 11. The number of amides is 1. The van der Waals surface area contributed by atoms with Crippen LogP contribution >= 0.6 is 0 Å². The number of aliphatic hydroxyl groups is 2. The number of benzene rings is 2. The van der Waals surface area contributed by atoms with E-state index in [1.807, 2.05) is 49.1 Å². The SMILES string of the molecule is CCCCCCCCCCCCCCOc1ccc(CNc2ccc(N(CCO)CCOCCOCCOCCO)cc2OC(C)C)c(C(=O)NO)c1. The number of hydroxylamine groups is 1. The molecule has 2 rings (SSSR count). The molecule has 0 unspecified atom stereocenters. The molecule has 0 saturated carbocycles. The van der Waals surface area contributed by atoms with Gasteiger partial charge in [0, 0.05) is 31.4 Å². The lowest BCUT2D eigenvalue weighted by Gasteiger charge is -2.26. The number of rotatable bonds is 34. The van der Waals surface area contributed by atoms with Crippen molar-refractivity contribution in [3.8, 4) is 11.5 Å². The maximum absolute atomic E-state index is 12.7. The maximum Gasteiger partial charge on any atom is 0.275 e. The Labute approximate surface area is 318 Å². The molecule has 5 N–H and O–H groups in total. The smallest absolute Gasteiger partial charge is 0.275 e. The van der Waals surface area contributed by atoms with E-state index in [4.69, 9.17) is 28.8 Å². The van der Waals surface area contributed by atoms with Crippen molar-refractivity contribution in [2.45, 2.75) is 110 Å². The summed E-state index contributed by atoms with van der Waals surface area (Å²) in [4.78, 5) is 14.7. The van der Waals surface area contributed by atoms with Crippen molar-refractivity contribution in [2.75, 3.05) is 82.8 Å². The molecular formula is C41H69N3O9. The molecule has 2 aromatic carbocycles. The van der Waals surface area contributed by atoms with E-state index in [9.17, 15) is 15.1 Å². The molecule has 0 aromatic heterocycles. The second-order valence-corrected chi connectivity index (χ2v) is 13.5. The molecule has 1 amide bonds. The van der Waals surface area contributed by atoms with E-state index in [2.05, 4.69) is 12.2 Å². The summed E-state index contributed by atoms with van der Waals surface area (Å²) in [6.45, 7) is 10.5. The molecular weight excluding hydrogens is 678 g/mol. The molecule has 0 aliphatic heterocycles. The third-order valence-electron chi connectivity index (χ3n) is 8.71. The van der Waals surface area contributed by atoms with Crippen molar-refractivity contribution in [3.63, 3.8) is 0 Å². The lowest BCUT2D eigenvalue weighted by atomic mass is 10.1. The van der Waals surface area contributed by atoms with Gasteiger partial charge in [0.1, 0.15) is 11.5 Å². The molecule has 0 aliphatic rings. The Morgan fingerprint density at radius 1 is 0.717 bits per heavy atom. The monoisotopic (exact) mass is 748 g/mol. The summed E-state index contributed by atoms with van der Waals surface area (Å²) in [6, 6.07) is 11.2. The summed E-state index contributed by atoms with van der Waals surface area (Å²) < 4.78 is 28.5. The molecule has 0 spiro atoms. The molecule has 0 bridgehead atoms. The van der Waals surface area contributed by atoms with E-state index >= 15 is 0 Å². The molecule has 0 saturated heterocycles. The number of hydrogen-bond donors (Lipinski definition) is 5. The summed E-state index contributed by atoms with van der Waals surface area (Å²) >= 11 is 0. The van der Waals surface area contributed by atoms with Crippen LogP contribution in [0.5, 0.6) is 11.5 Å². The van der Waals surface area contributed by atoms with Crippen LogP contribution in [0.2, 0.25) is 0 Å². The van der Waals surface area contributed by atoms with Crippen molar-refractivity contribution in [1.29, 1.82) is 0 Å². The fraction of sp³-hybridized carbons (Fsp3) is 0.683. The summed E-state index contributed by atoms with van der Waals surface area (Å²) in [7, 11) is 0. The van der Waals surface area contributed by atoms with E-state index in [0.29, 0.717) is 88.5 Å². The van der Waals surface area contributed by atoms with Gasteiger partial charge in [-0.2, -0.15) is 0 Å².